The first-order chi connectivity index (χ1) is 13.5. The van der Waals surface area contributed by atoms with Crippen LogP contribution >= 0.6 is 0 Å². The maximum absolute atomic E-state index is 12.5. The summed E-state index contributed by atoms with van der Waals surface area (Å²) in [6.07, 6.45) is 3.35. The molecule has 3 rings (SSSR count). The molecule has 28 heavy (non-hydrogen) atoms. The number of carbonyl (C=O) groups is 2. The summed E-state index contributed by atoms with van der Waals surface area (Å²) in [7, 11) is 0. The van der Waals surface area contributed by atoms with E-state index >= 15 is 0 Å². The summed E-state index contributed by atoms with van der Waals surface area (Å²) in [5.41, 5.74) is 2.61. The second-order valence-electron chi connectivity index (χ2n) is 6.11. The Morgan fingerprint density at radius 2 is 1.75 bits per heavy atom. The Hall–Kier alpha value is -3.81. The summed E-state index contributed by atoms with van der Waals surface area (Å²) in [6.45, 7) is 3.55. The van der Waals surface area contributed by atoms with Gasteiger partial charge in [0.05, 0.1) is 0 Å². The third kappa shape index (κ3) is 5.34. The van der Waals surface area contributed by atoms with Crippen LogP contribution < -0.4 is 16.0 Å². The Kier molecular flexibility index (Phi) is 5.91. The molecule has 0 fully saturated rings. The van der Waals surface area contributed by atoms with Crippen LogP contribution in [0.2, 0.25) is 0 Å². The molecule has 0 saturated carbocycles. The SMILES string of the molecule is CC(=O)Nc1cccc(Nc2cc(C(=O)NCc3ccncc3)nc(C)n2)c1. The first-order valence-corrected chi connectivity index (χ1v) is 8.67. The van der Waals surface area contributed by atoms with Gasteiger partial charge in [0, 0.05) is 43.3 Å². The second kappa shape index (κ2) is 8.72. The van der Waals surface area contributed by atoms with Crippen LogP contribution in [0.3, 0.4) is 0 Å². The second-order valence-corrected chi connectivity index (χ2v) is 6.11. The van der Waals surface area contributed by atoms with E-state index in [-0.39, 0.29) is 17.5 Å². The van der Waals surface area contributed by atoms with Gasteiger partial charge in [-0.3, -0.25) is 14.6 Å². The average Bonchev–Trinajstić information content (AvgIpc) is 2.66. The Labute approximate surface area is 162 Å². The van der Waals surface area contributed by atoms with Gasteiger partial charge in [0.15, 0.2) is 0 Å². The van der Waals surface area contributed by atoms with Gasteiger partial charge in [-0.2, -0.15) is 0 Å². The largest absolute Gasteiger partial charge is 0.347 e. The molecule has 142 valence electrons. The minimum Gasteiger partial charge on any atom is -0.347 e. The molecule has 0 aliphatic heterocycles. The lowest BCUT2D eigenvalue weighted by molar-refractivity contribution is -0.114. The van der Waals surface area contributed by atoms with Crippen LogP contribution in [0.15, 0.2) is 54.9 Å². The monoisotopic (exact) mass is 376 g/mol. The predicted octanol–water partition coefficient (Wildman–Crippen LogP) is 2.81. The number of rotatable bonds is 6. The fraction of sp³-hybridized carbons (Fsp3) is 0.150. The maximum atomic E-state index is 12.5. The van der Waals surface area contributed by atoms with E-state index in [0.717, 1.165) is 11.3 Å². The van der Waals surface area contributed by atoms with Crippen LogP contribution in [0, 0.1) is 6.92 Å². The molecule has 0 bridgehead atoms. The normalized spacial score (nSPS) is 10.2. The van der Waals surface area contributed by atoms with E-state index < -0.39 is 0 Å². The molecule has 0 unspecified atom stereocenters. The molecule has 0 saturated heterocycles. The van der Waals surface area contributed by atoms with Crippen molar-refractivity contribution in [2.24, 2.45) is 0 Å². The van der Waals surface area contributed by atoms with Gasteiger partial charge in [0.25, 0.3) is 5.91 Å². The van der Waals surface area contributed by atoms with E-state index in [1.165, 1.54) is 6.92 Å². The van der Waals surface area contributed by atoms with Gasteiger partial charge >= 0.3 is 0 Å². The van der Waals surface area contributed by atoms with Crippen molar-refractivity contribution in [1.29, 1.82) is 0 Å². The highest BCUT2D eigenvalue weighted by Crippen LogP contribution is 2.19. The minimum absolute atomic E-state index is 0.150. The lowest BCUT2D eigenvalue weighted by Crippen LogP contribution is -2.24. The van der Waals surface area contributed by atoms with E-state index in [0.29, 0.717) is 23.9 Å². The minimum atomic E-state index is -0.294. The van der Waals surface area contributed by atoms with Crippen molar-refractivity contribution in [3.05, 3.63) is 71.9 Å². The smallest absolute Gasteiger partial charge is 0.270 e. The van der Waals surface area contributed by atoms with Gasteiger partial charge in [-0.1, -0.05) is 6.07 Å². The molecule has 0 atom stereocenters. The molecule has 0 aliphatic rings. The molecule has 0 radical (unpaired) electrons. The van der Waals surface area contributed by atoms with Crippen LogP contribution in [0.1, 0.15) is 28.8 Å². The number of hydrogen-bond donors (Lipinski definition) is 3. The highest BCUT2D eigenvalue weighted by Gasteiger charge is 2.11. The number of aryl methyl sites for hydroxylation is 1. The number of carbonyl (C=O) groups excluding carboxylic acids is 2. The van der Waals surface area contributed by atoms with Crippen LogP contribution in [0.25, 0.3) is 0 Å². The molecule has 0 aliphatic carbocycles. The number of nitrogens with one attached hydrogen (secondary N) is 3. The fourth-order valence-corrected chi connectivity index (χ4v) is 2.55. The van der Waals surface area contributed by atoms with E-state index in [1.807, 2.05) is 24.3 Å². The summed E-state index contributed by atoms with van der Waals surface area (Å²) < 4.78 is 0. The number of amides is 2. The Morgan fingerprint density at radius 3 is 2.50 bits per heavy atom. The lowest BCUT2D eigenvalue weighted by atomic mass is 10.2. The summed E-state index contributed by atoms with van der Waals surface area (Å²) in [6, 6.07) is 12.5. The first-order valence-electron chi connectivity index (χ1n) is 8.67. The van der Waals surface area contributed by atoms with Gasteiger partial charge in [0.1, 0.15) is 17.3 Å². The molecule has 3 N–H and O–H groups in total. The molecular formula is C20H20N6O2. The fourth-order valence-electron chi connectivity index (χ4n) is 2.55. The van der Waals surface area contributed by atoms with Crippen LogP contribution in [0.4, 0.5) is 17.2 Å². The van der Waals surface area contributed by atoms with Crippen molar-refractivity contribution in [3.63, 3.8) is 0 Å². The van der Waals surface area contributed by atoms with Gasteiger partial charge in [0.2, 0.25) is 5.91 Å². The van der Waals surface area contributed by atoms with Crippen LogP contribution in [-0.4, -0.2) is 26.8 Å². The lowest BCUT2D eigenvalue weighted by Gasteiger charge is -2.10. The Morgan fingerprint density at radius 1 is 1.00 bits per heavy atom. The number of hydrogen-bond acceptors (Lipinski definition) is 6. The number of pyridine rings is 1. The molecule has 3 aromatic rings. The highest BCUT2D eigenvalue weighted by atomic mass is 16.2. The van der Waals surface area contributed by atoms with Gasteiger partial charge < -0.3 is 16.0 Å². The van der Waals surface area contributed by atoms with Crippen LogP contribution in [-0.2, 0) is 11.3 Å². The molecule has 2 aromatic heterocycles. The molecule has 1 aromatic carbocycles. The van der Waals surface area contributed by atoms with Crippen molar-refractivity contribution in [2.45, 2.75) is 20.4 Å². The topological polar surface area (TPSA) is 109 Å². The van der Waals surface area contributed by atoms with Gasteiger partial charge in [-0.25, -0.2) is 9.97 Å². The standard InChI is InChI=1S/C20H20N6O2/c1-13-23-18(20(28)22-12-15-6-8-21-9-7-15)11-19(24-13)26-17-5-3-4-16(10-17)25-14(2)27/h3-11H,12H2,1-2H3,(H,22,28)(H,25,27)(H,23,24,26). The summed E-state index contributed by atoms with van der Waals surface area (Å²) in [5.74, 6) is 0.513. The third-order valence-corrected chi connectivity index (χ3v) is 3.73. The van der Waals surface area contributed by atoms with E-state index in [2.05, 4.69) is 30.9 Å². The van der Waals surface area contributed by atoms with Crippen molar-refractivity contribution in [1.82, 2.24) is 20.3 Å². The van der Waals surface area contributed by atoms with Crippen molar-refractivity contribution in [3.8, 4) is 0 Å². The average molecular weight is 376 g/mol. The summed E-state index contributed by atoms with van der Waals surface area (Å²) in [4.78, 5) is 36.2. The summed E-state index contributed by atoms with van der Waals surface area (Å²) in [5, 5.41) is 8.69. The molecule has 2 amide bonds. The zero-order valence-electron chi connectivity index (χ0n) is 15.6. The third-order valence-electron chi connectivity index (χ3n) is 3.73. The molecular weight excluding hydrogens is 356 g/mol. The number of benzene rings is 1. The van der Waals surface area contributed by atoms with Gasteiger partial charge in [-0.15, -0.1) is 0 Å². The molecule has 8 nitrogen and oxygen atoms in total. The number of aromatic nitrogens is 3. The number of anilines is 3. The van der Waals surface area contributed by atoms with Crippen molar-refractivity contribution < 1.29 is 9.59 Å². The van der Waals surface area contributed by atoms with E-state index in [9.17, 15) is 9.59 Å². The summed E-state index contributed by atoms with van der Waals surface area (Å²) >= 11 is 0. The number of nitrogens with zero attached hydrogens (tertiary/aromatic N) is 3. The van der Waals surface area contributed by atoms with Gasteiger partial charge in [-0.05, 0) is 42.8 Å². The van der Waals surface area contributed by atoms with E-state index in [1.54, 1.807) is 37.5 Å². The van der Waals surface area contributed by atoms with Crippen molar-refractivity contribution >= 4 is 29.0 Å². The first kappa shape index (κ1) is 19.0. The highest BCUT2D eigenvalue weighted by molar-refractivity contribution is 5.93. The predicted molar refractivity (Wildman–Crippen MR) is 106 cm³/mol. The zero-order chi connectivity index (χ0) is 19.9. The Bertz CT molecular complexity index is 991. The molecule has 0 spiro atoms. The van der Waals surface area contributed by atoms with E-state index in [4.69, 9.17) is 0 Å². The van der Waals surface area contributed by atoms with Crippen LogP contribution in [0.5, 0.6) is 0 Å². The maximum Gasteiger partial charge on any atom is 0.270 e. The zero-order valence-corrected chi connectivity index (χ0v) is 15.6. The Balaban J connectivity index is 1.72. The molecule has 8 heteroatoms. The molecule has 2 heterocycles. The van der Waals surface area contributed by atoms with Crippen molar-refractivity contribution in [2.75, 3.05) is 10.6 Å². The quantitative estimate of drug-likeness (QED) is 0.610.